The Balaban J connectivity index is 3.02. The lowest BCUT2D eigenvalue weighted by Gasteiger charge is -2.14. The molecule has 0 aromatic heterocycles. The van der Waals surface area contributed by atoms with Crippen LogP contribution in [0.25, 0.3) is 0 Å². The van der Waals surface area contributed by atoms with Crippen molar-refractivity contribution >= 4 is 5.91 Å². The smallest absolute Gasteiger partial charge is 0.253 e. The van der Waals surface area contributed by atoms with Crippen molar-refractivity contribution in [1.82, 2.24) is 4.90 Å². The average Bonchev–Trinajstić information content (AvgIpc) is 2.19. The highest BCUT2D eigenvalue weighted by molar-refractivity contribution is 5.94. The molecular formula is C12H17NO3. The number of carbonyl (C=O) groups is 1. The number of benzene rings is 1. The monoisotopic (exact) mass is 223 g/mol. The summed E-state index contributed by atoms with van der Waals surface area (Å²) in [5.74, 6) is 0.264. The molecule has 88 valence electrons. The normalized spacial score (nSPS) is 10.3. The van der Waals surface area contributed by atoms with Crippen molar-refractivity contribution in [3.8, 4) is 11.5 Å². The van der Waals surface area contributed by atoms with E-state index in [1.807, 2.05) is 13.8 Å². The molecule has 1 N–H and O–H groups in total. The number of amides is 1. The molecule has 1 aromatic rings. The topological polar surface area (TPSA) is 49.8 Å². The van der Waals surface area contributed by atoms with Crippen LogP contribution in [0.15, 0.2) is 18.2 Å². The van der Waals surface area contributed by atoms with Crippen LogP contribution in [-0.4, -0.2) is 36.1 Å². The third kappa shape index (κ3) is 2.89. The second-order valence-corrected chi connectivity index (χ2v) is 4.05. The van der Waals surface area contributed by atoms with Crippen LogP contribution in [0.1, 0.15) is 24.2 Å². The van der Waals surface area contributed by atoms with Gasteiger partial charge >= 0.3 is 0 Å². The van der Waals surface area contributed by atoms with E-state index in [0.717, 1.165) is 0 Å². The summed E-state index contributed by atoms with van der Waals surface area (Å²) in [6.07, 6.45) is -0.0457. The summed E-state index contributed by atoms with van der Waals surface area (Å²) in [7, 11) is 3.36. The number of aromatic hydroxyl groups is 1. The molecule has 0 atom stereocenters. The Kier molecular flexibility index (Phi) is 3.77. The number of phenolic OH excluding ortho intramolecular Hbond substituents is 1. The van der Waals surface area contributed by atoms with Crippen molar-refractivity contribution in [3.63, 3.8) is 0 Å². The van der Waals surface area contributed by atoms with Gasteiger partial charge < -0.3 is 14.7 Å². The van der Waals surface area contributed by atoms with E-state index in [2.05, 4.69) is 0 Å². The van der Waals surface area contributed by atoms with Gasteiger partial charge in [0.15, 0.2) is 11.5 Å². The molecule has 0 fully saturated rings. The lowest BCUT2D eigenvalue weighted by atomic mass is 10.2. The zero-order valence-corrected chi connectivity index (χ0v) is 10.0. The van der Waals surface area contributed by atoms with E-state index in [4.69, 9.17) is 4.74 Å². The average molecular weight is 223 g/mol. The molecule has 0 radical (unpaired) electrons. The third-order valence-electron chi connectivity index (χ3n) is 1.98. The quantitative estimate of drug-likeness (QED) is 0.851. The van der Waals surface area contributed by atoms with Gasteiger partial charge in [-0.2, -0.15) is 0 Å². The molecule has 1 amide bonds. The first-order valence-corrected chi connectivity index (χ1v) is 5.13. The maximum atomic E-state index is 11.7. The summed E-state index contributed by atoms with van der Waals surface area (Å²) in [5.41, 5.74) is 0.499. The SMILES string of the molecule is CC(C)Oc1cc(C(=O)N(C)C)ccc1O. The van der Waals surface area contributed by atoms with Gasteiger partial charge in [0.2, 0.25) is 0 Å². The van der Waals surface area contributed by atoms with Crippen LogP contribution in [0.3, 0.4) is 0 Å². The van der Waals surface area contributed by atoms with Crippen LogP contribution in [0, 0.1) is 0 Å². The highest BCUT2D eigenvalue weighted by Crippen LogP contribution is 2.28. The minimum absolute atomic E-state index is 0.0454. The minimum Gasteiger partial charge on any atom is -0.504 e. The summed E-state index contributed by atoms with van der Waals surface area (Å²) in [6.45, 7) is 3.72. The maximum Gasteiger partial charge on any atom is 0.253 e. The summed E-state index contributed by atoms with van der Waals surface area (Å²) in [4.78, 5) is 13.2. The Hall–Kier alpha value is -1.71. The fourth-order valence-corrected chi connectivity index (χ4v) is 1.25. The molecule has 4 nitrogen and oxygen atoms in total. The predicted octanol–water partition coefficient (Wildman–Crippen LogP) is 1.88. The molecule has 0 aliphatic heterocycles. The van der Waals surface area contributed by atoms with Crippen molar-refractivity contribution in [1.29, 1.82) is 0 Å². The molecule has 16 heavy (non-hydrogen) atoms. The zero-order chi connectivity index (χ0) is 12.3. The third-order valence-corrected chi connectivity index (χ3v) is 1.98. The van der Waals surface area contributed by atoms with E-state index >= 15 is 0 Å². The second kappa shape index (κ2) is 4.88. The van der Waals surface area contributed by atoms with Crippen molar-refractivity contribution in [2.45, 2.75) is 20.0 Å². The number of hydrogen-bond donors (Lipinski definition) is 1. The molecule has 0 saturated carbocycles. The van der Waals surface area contributed by atoms with Gasteiger partial charge in [-0.3, -0.25) is 4.79 Å². The molecule has 0 aliphatic carbocycles. The molecule has 0 saturated heterocycles. The Morgan fingerprint density at radius 3 is 2.50 bits per heavy atom. The number of nitrogens with zero attached hydrogens (tertiary/aromatic N) is 1. The van der Waals surface area contributed by atoms with Crippen LogP contribution in [0.4, 0.5) is 0 Å². The highest BCUT2D eigenvalue weighted by Gasteiger charge is 2.12. The Morgan fingerprint density at radius 1 is 1.38 bits per heavy atom. The van der Waals surface area contributed by atoms with E-state index in [1.165, 1.54) is 11.0 Å². The van der Waals surface area contributed by atoms with E-state index in [-0.39, 0.29) is 17.8 Å². The van der Waals surface area contributed by atoms with Crippen molar-refractivity contribution in [2.24, 2.45) is 0 Å². The molecule has 4 heteroatoms. The minimum atomic E-state index is -0.117. The first-order chi connectivity index (χ1) is 7.41. The number of ether oxygens (including phenoxy) is 1. The number of carbonyl (C=O) groups excluding carboxylic acids is 1. The molecule has 0 spiro atoms. The van der Waals surface area contributed by atoms with Gasteiger partial charge in [-0.05, 0) is 32.0 Å². The molecule has 0 aliphatic rings. The lowest BCUT2D eigenvalue weighted by molar-refractivity contribution is 0.0827. The van der Waals surface area contributed by atoms with Crippen molar-refractivity contribution < 1.29 is 14.6 Å². The van der Waals surface area contributed by atoms with Gasteiger partial charge in [-0.1, -0.05) is 0 Å². The zero-order valence-electron chi connectivity index (χ0n) is 10.0. The first kappa shape index (κ1) is 12.4. The Bertz CT molecular complexity index is 386. The van der Waals surface area contributed by atoms with Crippen LogP contribution in [0.2, 0.25) is 0 Å². The van der Waals surface area contributed by atoms with Gasteiger partial charge in [-0.25, -0.2) is 0 Å². The fraction of sp³-hybridized carbons (Fsp3) is 0.417. The second-order valence-electron chi connectivity index (χ2n) is 4.05. The largest absolute Gasteiger partial charge is 0.504 e. The van der Waals surface area contributed by atoms with Gasteiger partial charge in [0.1, 0.15) is 0 Å². The van der Waals surface area contributed by atoms with Crippen LogP contribution < -0.4 is 4.74 Å². The van der Waals surface area contributed by atoms with Crippen LogP contribution in [0.5, 0.6) is 11.5 Å². The molecule has 1 aromatic carbocycles. The van der Waals surface area contributed by atoms with Crippen LogP contribution >= 0.6 is 0 Å². The fourth-order valence-electron chi connectivity index (χ4n) is 1.25. The van der Waals surface area contributed by atoms with Crippen molar-refractivity contribution in [2.75, 3.05) is 14.1 Å². The van der Waals surface area contributed by atoms with Crippen LogP contribution in [-0.2, 0) is 0 Å². The number of hydrogen-bond acceptors (Lipinski definition) is 3. The van der Waals surface area contributed by atoms with Gasteiger partial charge in [-0.15, -0.1) is 0 Å². The highest BCUT2D eigenvalue weighted by atomic mass is 16.5. The Labute approximate surface area is 95.5 Å². The van der Waals surface area contributed by atoms with Gasteiger partial charge in [0, 0.05) is 19.7 Å². The van der Waals surface area contributed by atoms with E-state index < -0.39 is 0 Å². The van der Waals surface area contributed by atoms with E-state index in [1.54, 1.807) is 26.2 Å². The summed E-state index contributed by atoms with van der Waals surface area (Å²) in [6, 6.07) is 4.59. The lowest BCUT2D eigenvalue weighted by Crippen LogP contribution is -2.21. The number of rotatable bonds is 3. The summed E-state index contributed by atoms with van der Waals surface area (Å²) < 4.78 is 5.39. The molecular weight excluding hydrogens is 206 g/mol. The van der Waals surface area contributed by atoms with Gasteiger partial charge in [0.05, 0.1) is 6.10 Å². The van der Waals surface area contributed by atoms with E-state index in [0.29, 0.717) is 11.3 Å². The van der Waals surface area contributed by atoms with Crippen molar-refractivity contribution in [3.05, 3.63) is 23.8 Å². The summed E-state index contributed by atoms with van der Waals surface area (Å²) in [5, 5.41) is 9.55. The first-order valence-electron chi connectivity index (χ1n) is 5.13. The standard InChI is InChI=1S/C12H17NO3/c1-8(2)16-11-7-9(5-6-10(11)14)12(15)13(3)4/h5-8,14H,1-4H3. The molecule has 0 bridgehead atoms. The van der Waals surface area contributed by atoms with Gasteiger partial charge in [0.25, 0.3) is 5.91 Å². The predicted molar refractivity (Wildman–Crippen MR) is 61.9 cm³/mol. The Morgan fingerprint density at radius 2 is 2.00 bits per heavy atom. The van der Waals surface area contributed by atoms with E-state index in [9.17, 15) is 9.90 Å². The molecule has 0 unspecified atom stereocenters. The number of phenols is 1. The molecule has 0 heterocycles. The maximum absolute atomic E-state index is 11.7. The summed E-state index contributed by atoms with van der Waals surface area (Å²) >= 11 is 0. The molecule has 1 rings (SSSR count).